The molecule has 0 atom stereocenters. The van der Waals surface area contributed by atoms with Crippen LogP contribution in [0, 0.1) is 0 Å². The molecular formula is C11H16. The summed E-state index contributed by atoms with van der Waals surface area (Å²) >= 11 is 0. The van der Waals surface area contributed by atoms with Crippen LogP contribution in [0.4, 0.5) is 0 Å². The molecule has 0 heterocycles. The van der Waals surface area contributed by atoms with E-state index in [1.165, 1.54) is 44.9 Å². The summed E-state index contributed by atoms with van der Waals surface area (Å²) in [5.74, 6) is 0. The Labute approximate surface area is 69.0 Å². The van der Waals surface area contributed by atoms with E-state index in [9.17, 15) is 0 Å². The maximum absolute atomic E-state index is 2.47. The van der Waals surface area contributed by atoms with E-state index < -0.39 is 0 Å². The fraction of sp³-hybridized carbons (Fsp3) is 0.636. The molecule has 2 bridgehead atoms. The third kappa shape index (κ3) is 1.74. The Bertz CT molecular complexity index is 174. The first-order valence-electron chi connectivity index (χ1n) is 4.81. The van der Waals surface area contributed by atoms with Crippen LogP contribution in [-0.4, -0.2) is 0 Å². The quantitative estimate of drug-likeness (QED) is 0.460. The Hall–Kier alpha value is -0.520. The van der Waals surface area contributed by atoms with Gasteiger partial charge in [-0.15, -0.1) is 0 Å². The molecule has 0 unspecified atom stereocenters. The monoisotopic (exact) mass is 148 g/mol. The van der Waals surface area contributed by atoms with E-state index in [-0.39, 0.29) is 0 Å². The lowest BCUT2D eigenvalue weighted by Crippen LogP contribution is -1.85. The third-order valence-electron chi connectivity index (χ3n) is 2.80. The molecule has 60 valence electrons. The Morgan fingerprint density at radius 1 is 0.727 bits per heavy atom. The first-order valence-corrected chi connectivity index (χ1v) is 4.81. The lowest BCUT2D eigenvalue weighted by atomic mass is 10.0. The van der Waals surface area contributed by atoms with Crippen LogP contribution in [0.25, 0.3) is 0 Å². The maximum Gasteiger partial charge on any atom is -0.0283 e. The van der Waals surface area contributed by atoms with Gasteiger partial charge in [0.05, 0.1) is 0 Å². The molecule has 1 fully saturated rings. The topological polar surface area (TPSA) is 0 Å². The van der Waals surface area contributed by atoms with Crippen LogP contribution in [-0.2, 0) is 0 Å². The molecule has 0 aliphatic heterocycles. The highest BCUT2D eigenvalue weighted by Gasteiger charge is 2.09. The predicted octanol–water partition coefficient (Wildman–Crippen LogP) is 3.60. The van der Waals surface area contributed by atoms with Crippen LogP contribution in [0.5, 0.6) is 0 Å². The highest BCUT2D eigenvalue weighted by atomic mass is 14.1. The minimum Gasteiger partial charge on any atom is -0.0850 e. The van der Waals surface area contributed by atoms with E-state index >= 15 is 0 Å². The number of fused-ring (bicyclic) bond motifs is 3. The molecule has 0 nitrogen and oxygen atoms in total. The second-order valence-corrected chi connectivity index (χ2v) is 3.66. The molecule has 2 aliphatic carbocycles. The van der Waals surface area contributed by atoms with E-state index in [0.29, 0.717) is 0 Å². The van der Waals surface area contributed by atoms with Crippen LogP contribution < -0.4 is 0 Å². The molecule has 0 amide bonds. The molecule has 0 saturated heterocycles. The van der Waals surface area contributed by atoms with Crippen molar-refractivity contribution in [1.82, 2.24) is 0 Å². The Morgan fingerprint density at radius 2 is 1.27 bits per heavy atom. The van der Waals surface area contributed by atoms with Crippen molar-refractivity contribution in [3.63, 3.8) is 0 Å². The standard InChI is InChI=1S/C11H16/c1-2-5-11-7-3-6-10(4-1)8-9-11/h4-5H,1-3,6-9H2. The zero-order valence-electron chi connectivity index (χ0n) is 7.10. The molecule has 0 aromatic rings. The van der Waals surface area contributed by atoms with Crippen molar-refractivity contribution in [3.8, 4) is 0 Å². The molecule has 0 heteroatoms. The Balaban J connectivity index is 2.19. The van der Waals surface area contributed by atoms with Crippen LogP contribution in [0.15, 0.2) is 23.3 Å². The fourth-order valence-corrected chi connectivity index (χ4v) is 2.10. The van der Waals surface area contributed by atoms with Gasteiger partial charge in [-0.3, -0.25) is 0 Å². The molecule has 0 spiro atoms. The molecule has 11 heavy (non-hydrogen) atoms. The van der Waals surface area contributed by atoms with Gasteiger partial charge in [0.2, 0.25) is 0 Å². The second-order valence-electron chi connectivity index (χ2n) is 3.66. The maximum atomic E-state index is 2.47. The molecule has 0 radical (unpaired) electrons. The van der Waals surface area contributed by atoms with Gasteiger partial charge in [-0.1, -0.05) is 23.3 Å². The summed E-state index contributed by atoms with van der Waals surface area (Å²) < 4.78 is 0. The SMILES string of the molecule is C1=C2CCCC(=CCC1)CC2. The van der Waals surface area contributed by atoms with E-state index in [1.807, 2.05) is 0 Å². The van der Waals surface area contributed by atoms with Gasteiger partial charge in [0.1, 0.15) is 0 Å². The Kier molecular flexibility index (Phi) is 2.11. The summed E-state index contributed by atoms with van der Waals surface area (Å²) in [5.41, 5.74) is 3.46. The van der Waals surface area contributed by atoms with Gasteiger partial charge in [-0.05, 0) is 44.9 Å². The highest BCUT2D eigenvalue weighted by Crippen LogP contribution is 2.28. The number of hydrogen-bond donors (Lipinski definition) is 0. The van der Waals surface area contributed by atoms with Gasteiger partial charge in [-0.25, -0.2) is 0 Å². The van der Waals surface area contributed by atoms with Gasteiger partial charge in [0, 0.05) is 0 Å². The minimum atomic E-state index is 1.29. The summed E-state index contributed by atoms with van der Waals surface area (Å²) in [6, 6.07) is 0. The zero-order valence-corrected chi connectivity index (χ0v) is 7.10. The van der Waals surface area contributed by atoms with Gasteiger partial charge in [-0.2, -0.15) is 0 Å². The van der Waals surface area contributed by atoms with E-state index in [2.05, 4.69) is 12.2 Å². The molecule has 0 aromatic heterocycles. The van der Waals surface area contributed by atoms with Crippen molar-refractivity contribution in [3.05, 3.63) is 23.3 Å². The molecular weight excluding hydrogens is 132 g/mol. The average molecular weight is 148 g/mol. The Morgan fingerprint density at radius 3 is 1.82 bits per heavy atom. The molecule has 1 saturated carbocycles. The van der Waals surface area contributed by atoms with Gasteiger partial charge in [0.25, 0.3) is 0 Å². The van der Waals surface area contributed by atoms with Crippen molar-refractivity contribution in [2.75, 3.05) is 0 Å². The van der Waals surface area contributed by atoms with E-state index in [1.54, 1.807) is 11.1 Å². The van der Waals surface area contributed by atoms with Crippen molar-refractivity contribution >= 4 is 0 Å². The largest absolute Gasteiger partial charge is 0.0850 e. The van der Waals surface area contributed by atoms with Crippen LogP contribution in [0.2, 0.25) is 0 Å². The van der Waals surface area contributed by atoms with Crippen molar-refractivity contribution in [2.45, 2.75) is 44.9 Å². The lowest BCUT2D eigenvalue weighted by molar-refractivity contribution is 0.831. The fourth-order valence-electron chi connectivity index (χ4n) is 2.10. The smallest absolute Gasteiger partial charge is 0.0283 e. The second kappa shape index (κ2) is 3.25. The highest BCUT2D eigenvalue weighted by molar-refractivity contribution is 5.15. The summed E-state index contributed by atoms with van der Waals surface area (Å²) in [6.45, 7) is 0. The van der Waals surface area contributed by atoms with Crippen LogP contribution in [0.3, 0.4) is 0 Å². The molecule has 2 rings (SSSR count). The first kappa shape index (κ1) is 7.15. The number of allylic oxidation sites excluding steroid dienone is 4. The van der Waals surface area contributed by atoms with Gasteiger partial charge < -0.3 is 0 Å². The summed E-state index contributed by atoms with van der Waals surface area (Å²) in [6.07, 6.45) is 14.4. The summed E-state index contributed by atoms with van der Waals surface area (Å²) in [5, 5.41) is 0. The van der Waals surface area contributed by atoms with E-state index in [0.717, 1.165) is 0 Å². The zero-order chi connectivity index (χ0) is 7.52. The van der Waals surface area contributed by atoms with Crippen LogP contribution >= 0.6 is 0 Å². The van der Waals surface area contributed by atoms with Crippen molar-refractivity contribution in [1.29, 1.82) is 0 Å². The number of rotatable bonds is 0. The van der Waals surface area contributed by atoms with E-state index in [4.69, 9.17) is 0 Å². The minimum absolute atomic E-state index is 1.29. The normalized spacial score (nSPS) is 24.7. The molecule has 0 N–H and O–H groups in total. The molecule has 0 aromatic carbocycles. The van der Waals surface area contributed by atoms with Gasteiger partial charge >= 0.3 is 0 Å². The first-order chi connectivity index (χ1) is 5.45. The molecule has 2 aliphatic rings. The number of hydrogen-bond acceptors (Lipinski definition) is 0. The van der Waals surface area contributed by atoms with Crippen molar-refractivity contribution < 1.29 is 0 Å². The third-order valence-corrected chi connectivity index (χ3v) is 2.80. The van der Waals surface area contributed by atoms with Crippen LogP contribution in [0.1, 0.15) is 44.9 Å². The average Bonchev–Trinajstić information content (AvgIpc) is 2.11. The summed E-state index contributed by atoms with van der Waals surface area (Å²) in [4.78, 5) is 0. The summed E-state index contributed by atoms with van der Waals surface area (Å²) in [7, 11) is 0. The van der Waals surface area contributed by atoms with Crippen molar-refractivity contribution in [2.24, 2.45) is 0 Å². The van der Waals surface area contributed by atoms with Gasteiger partial charge in [0.15, 0.2) is 0 Å². The lowest BCUT2D eigenvalue weighted by Gasteiger charge is -2.05. The predicted molar refractivity (Wildman–Crippen MR) is 48.5 cm³/mol.